The minimum absolute atomic E-state index is 0.0950. The number of hydrogen-bond donors (Lipinski definition) is 0. The minimum Gasteiger partial charge on any atom is -0.456 e. The first kappa shape index (κ1) is 32.1. The van der Waals surface area contributed by atoms with Crippen LogP contribution in [0.4, 0.5) is 11.4 Å². The fraction of sp³-hybridized carbons (Fsp3) is 0.0392. The molecule has 56 heavy (non-hydrogen) atoms. The van der Waals surface area contributed by atoms with Crippen molar-refractivity contribution in [3.63, 3.8) is 0 Å². The second-order valence-electron chi connectivity index (χ2n) is 14.4. The SMILES string of the molecule is C1=CC2C(c3ccccc3N2c2cccc(-c3ccccc3)c2)c2c1oc1cc(-c3nc(-c4ccccc4)nc(-c4cccc(-c5ccccc5)c4)n3)ccc21. The first-order valence-electron chi connectivity index (χ1n) is 19.0. The molecule has 0 N–H and O–H groups in total. The molecule has 0 saturated carbocycles. The second-order valence-corrected chi connectivity index (χ2v) is 14.4. The summed E-state index contributed by atoms with van der Waals surface area (Å²) in [4.78, 5) is 17.6. The van der Waals surface area contributed by atoms with Crippen molar-refractivity contribution < 1.29 is 4.42 Å². The Morgan fingerprint density at radius 3 is 1.71 bits per heavy atom. The van der Waals surface area contributed by atoms with Gasteiger partial charge in [0.15, 0.2) is 17.5 Å². The fourth-order valence-electron chi connectivity index (χ4n) is 8.49. The molecular weight excluding hydrogens is 685 g/mol. The van der Waals surface area contributed by atoms with E-state index < -0.39 is 0 Å². The normalized spacial score (nSPS) is 15.4. The highest BCUT2D eigenvalue weighted by molar-refractivity contribution is 5.92. The van der Waals surface area contributed by atoms with Gasteiger partial charge >= 0.3 is 0 Å². The van der Waals surface area contributed by atoms with Gasteiger partial charge in [0, 0.05) is 44.9 Å². The molecule has 2 aromatic heterocycles. The maximum Gasteiger partial charge on any atom is 0.164 e. The van der Waals surface area contributed by atoms with E-state index in [-0.39, 0.29) is 12.0 Å². The largest absolute Gasteiger partial charge is 0.456 e. The van der Waals surface area contributed by atoms with E-state index in [9.17, 15) is 0 Å². The second kappa shape index (κ2) is 13.2. The van der Waals surface area contributed by atoms with Gasteiger partial charge in [-0.1, -0.05) is 158 Å². The molecule has 5 nitrogen and oxygen atoms in total. The standard InChI is InChI=1S/C51H34N4O/c1-4-14-33(15-5-1)36-20-12-22-38(30-36)50-52-49(35-18-8-3-9-19-35)53-51(54-50)39-26-27-42-46(32-39)56-45-29-28-44-47(48(42)45)41-24-10-11-25-43(41)55(44)40-23-13-21-37(31-40)34-16-6-2-7-17-34/h1-32,44,47H. The zero-order valence-electron chi connectivity index (χ0n) is 30.3. The van der Waals surface area contributed by atoms with Crippen LogP contribution in [0.3, 0.4) is 0 Å². The Balaban J connectivity index is 1.01. The predicted molar refractivity (Wildman–Crippen MR) is 226 cm³/mol. The summed E-state index contributed by atoms with van der Waals surface area (Å²) >= 11 is 0. The molecule has 3 heterocycles. The number of para-hydroxylation sites is 1. The smallest absolute Gasteiger partial charge is 0.164 e. The average Bonchev–Trinajstić information content (AvgIpc) is 3.82. The van der Waals surface area contributed by atoms with Crippen LogP contribution < -0.4 is 4.90 Å². The number of furan rings is 1. The predicted octanol–water partition coefficient (Wildman–Crippen LogP) is 12.6. The Kier molecular flexibility index (Phi) is 7.56. The number of anilines is 2. The zero-order chi connectivity index (χ0) is 37.0. The highest BCUT2D eigenvalue weighted by Crippen LogP contribution is 2.54. The van der Waals surface area contributed by atoms with Crippen molar-refractivity contribution in [2.75, 3.05) is 4.90 Å². The van der Waals surface area contributed by atoms with Crippen LogP contribution in [-0.4, -0.2) is 21.0 Å². The molecule has 5 heteroatoms. The lowest BCUT2D eigenvalue weighted by molar-refractivity contribution is 0.584. The number of benzene rings is 7. The van der Waals surface area contributed by atoms with Crippen molar-refractivity contribution in [2.45, 2.75) is 12.0 Å². The minimum atomic E-state index is 0.0950. The molecule has 2 atom stereocenters. The van der Waals surface area contributed by atoms with Gasteiger partial charge in [-0.15, -0.1) is 0 Å². The summed E-state index contributed by atoms with van der Waals surface area (Å²) in [6.45, 7) is 0. The molecule has 0 spiro atoms. The number of nitrogens with zero attached hydrogens (tertiary/aromatic N) is 4. The molecule has 2 unspecified atom stereocenters. The highest BCUT2D eigenvalue weighted by Gasteiger charge is 2.43. The summed E-state index contributed by atoms with van der Waals surface area (Å²) in [5.41, 5.74) is 13.1. The Bertz CT molecular complexity index is 2940. The highest BCUT2D eigenvalue weighted by atomic mass is 16.3. The molecule has 0 bridgehead atoms. The van der Waals surface area contributed by atoms with Crippen LogP contribution in [0, 0.1) is 0 Å². The number of aromatic nitrogens is 3. The lowest BCUT2D eigenvalue weighted by atomic mass is 9.82. The Morgan fingerprint density at radius 1 is 0.446 bits per heavy atom. The molecular formula is C51H34N4O. The van der Waals surface area contributed by atoms with E-state index >= 15 is 0 Å². The lowest BCUT2D eigenvalue weighted by Gasteiger charge is -2.30. The summed E-state index contributed by atoms with van der Waals surface area (Å²) in [6.07, 6.45) is 4.46. The summed E-state index contributed by atoms with van der Waals surface area (Å²) in [5, 5.41) is 1.10. The van der Waals surface area contributed by atoms with Gasteiger partial charge in [-0.3, -0.25) is 0 Å². The molecule has 0 amide bonds. The van der Waals surface area contributed by atoms with Crippen LogP contribution in [-0.2, 0) is 0 Å². The van der Waals surface area contributed by atoms with Gasteiger partial charge in [0.25, 0.3) is 0 Å². The van der Waals surface area contributed by atoms with E-state index in [1.807, 2.05) is 36.4 Å². The summed E-state index contributed by atoms with van der Waals surface area (Å²) in [5.74, 6) is 2.84. The molecule has 11 rings (SSSR count). The maximum absolute atomic E-state index is 6.71. The van der Waals surface area contributed by atoms with Crippen LogP contribution in [0.2, 0.25) is 0 Å². The van der Waals surface area contributed by atoms with Crippen molar-refractivity contribution >= 4 is 28.4 Å². The Labute approximate surface area is 324 Å². The van der Waals surface area contributed by atoms with Gasteiger partial charge < -0.3 is 9.32 Å². The van der Waals surface area contributed by atoms with Gasteiger partial charge in [-0.25, -0.2) is 15.0 Å². The molecule has 9 aromatic rings. The molecule has 0 saturated heterocycles. The summed E-state index contributed by atoms with van der Waals surface area (Å²) in [6, 6.07) is 63.7. The maximum atomic E-state index is 6.71. The van der Waals surface area contributed by atoms with Gasteiger partial charge in [0.2, 0.25) is 0 Å². The van der Waals surface area contributed by atoms with Crippen LogP contribution in [0.15, 0.2) is 192 Å². The number of fused-ring (bicyclic) bond motifs is 7. The number of rotatable bonds is 6. The quantitative estimate of drug-likeness (QED) is 0.171. The first-order chi connectivity index (χ1) is 27.7. The van der Waals surface area contributed by atoms with Gasteiger partial charge in [-0.05, 0) is 64.2 Å². The van der Waals surface area contributed by atoms with Crippen molar-refractivity contribution in [1.82, 2.24) is 15.0 Å². The van der Waals surface area contributed by atoms with Crippen LogP contribution in [0.25, 0.3) is 73.5 Å². The third-order valence-electron chi connectivity index (χ3n) is 11.1. The van der Waals surface area contributed by atoms with Crippen molar-refractivity contribution in [1.29, 1.82) is 0 Å². The molecule has 1 aliphatic carbocycles. The topological polar surface area (TPSA) is 55.1 Å². The third kappa shape index (κ3) is 5.44. The third-order valence-corrected chi connectivity index (χ3v) is 11.1. The lowest BCUT2D eigenvalue weighted by Crippen LogP contribution is -2.30. The first-order valence-corrected chi connectivity index (χ1v) is 19.0. The monoisotopic (exact) mass is 718 g/mol. The molecule has 0 fully saturated rings. The van der Waals surface area contributed by atoms with Crippen molar-refractivity contribution in [3.05, 3.63) is 205 Å². The van der Waals surface area contributed by atoms with Gasteiger partial charge in [-0.2, -0.15) is 0 Å². The van der Waals surface area contributed by atoms with E-state index in [0.717, 1.165) is 44.5 Å². The molecule has 0 radical (unpaired) electrons. The van der Waals surface area contributed by atoms with E-state index in [0.29, 0.717) is 17.5 Å². The van der Waals surface area contributed by atoms with E-state index in [2.05, 4.69) is 163 Å². The number of hydrogen-bond acceptors (Lipinski definition) is 5. The van der Waals surface area contributed by atoms with Crippen LogP contribution in [0.5, 0.6) is 0 Å². The molecule has 1 aliphatic heterocycles. The van der Waals surface area contributed by atoms with Crippen LogP contribution >= 0.6 is 0 Å². The van der Waals surface area contributed by atoms with E-state index in [1.165, 1.54) is 33.6 Å². The van der Waals surface area contributed by atoms with E-state index in [4.69, 9.17) is 19.4 Å². The summed E-state index contributed by atoms with van der Waals surface area (Å²) in [7, 11) is 0. The summed E-state index contributed by atoms with van der Waals surface area (Å²) < 4.78 is 6.71. The van der Waals surface area contributed by atoms with Crippen LogP contribution in [0.1, 0.15) is 22.8 Å². The van der Waals surface area contributed by atoms with Gasteiger partial charge in [0.05, 0.1) is 6.04 Å². The van der Waals surface area contributed by atoms with Crippen molar-refractivity contribution in [3.8, 4) is 56.4 Å². The Hall–Kier alpha value is -7.37. The van der Waals surface area contributed by atoms with Gasteiger partial charge in [0.1, 0.15) is 11.3 Å². The van der Waals surface area contributed by atoms with E-state index in [1.54, 1.807) is 0 Å². The molecule has 7 aromatic carbocycles. The zero-order valence-corrected chi connectivity index (χ0v) is 30.3. The average molecular weight is 719 g/mol. The molecule has 264 valence electrons. The fourth-order valence-corrected chi connectivity index (χ4v) is 8.49. The molecule has 2 aliphatic rings. The van der Waals surface area contributed by atoms with Crippen molar-refractivity contribution in [2.24, 2.45) is 0 Å². The Morgan fingerprint density at radius 2 is 1.00 bits per heavy atom.